The van der Waals surface area contributed by atoms with Crippen molar-refractivity contribution >= 4 is 11.9 Å². The SMILES string of the molecule is CN=C(NCCCCC1CCCC1)NCC(C)C(=O)OC. The number of carbonyl (C=O) groups excluding carboxylic acids is 1. The number of rotatable bonds is 8. The lowest BCUT2D eigenvalue weighted by molar-refractivity contribution is -0.144. The van der Waals surface area contributed by atoms with Crippen LogP contribution in [-0.4, -0.2) is 39.2 Å². The van der Waals surface area contributed by atoms with Crippen molar-refractivity contribution in [2.75, 3.05) is 27.2 Å². The molecule has 0 aromatic heterocycles. The number of esters is 1. The summed E-state index contributed by atoms with van der Waals surface area (Å²) in [6, 6.07) is 0. The van der Waals surface area contributed by atoms with E-state index >= 15 is 0 Å². The number of carbonyl (C=O) groups is 1. The minimum atomic E-state index is -0.200. The van der Waals surface area contributed by atoms with E-state index in [2.05, 4.69) is 15.6 Å². The van der Waals surface area contributed by atoms with Crippen molar-refractivity contribution in [3.8, 4) is 0 Å². The van der Waals surface area contributed by atoms with Crippen LogP contribution >= 0.6 is 0 Å². The Bertz CT molecular complexity index is 325. The van der Waals surface area contributed by atoms with Gasteiger partial charge in [-0.15, -0.1) is 0 Å². The molecule has 0 aliphatic heterocycles. The van der Waals surface area contributed by atoms with Crippen LogP contribution in [0.15, 0.2) is 4.99 Å². The molecule has 0 saturated heterocycles. The molecule has 0 heterocycles. The quantitative estimate of drug-likeness (QED) is 0.312. The molecule has 1 atom stereocenters. The van der Waals surface area contributed by atoms with Gasteiger partial charge in [0.15, 0.2) is 5.96 Å². The van der Waals surface area contributed by atoms with E-state index in [0.717, 1.165) is 18.4 Å². The number of aliphatic imine (C=N–C) groups is 1. The number of unbranched alkanes of at least 4 members (excludes halogenated alkanes) is 1. The van der Waals surface area contributed by atoms with Crippen molar-refractivity contribution in [1.29, 1.82) is 0 Å². The van der Waals surface area contributed by atoms with Crippen molar-refractivity contribution in [3.63, 3.8) is 0 Å². The number of ether oxygens (including phenoxy) is 1. The standard InChI is InChI=1S/C16H31N3O2/c1-13(15(20)21-3)12-19-16(17-2)18-11-7-6-10-14-8-4-5-9-14/h13-14H,4-12H2,1-3H3,(H2,17,18,19). The molecule has 1 saturated carbocycles. The Balaban J connectivity index is 2.06. The van der Waals surface area contributed by atoms with Crippen LogP contribution in [0, 0.1) is 11.8 Å². The summed E-state index contributed by atoms with van der Waals surface area (Å²) in [4.78, 5) is 15.5. The molecule has 1 rings (SSSR count). The highest BCUT2D eigenvalue weighted by Crippen LogP contribution is 2.28. The van der Waals surface area contributed by atoms with Crippen molar-refractivity contribution in [2.45, 2.75) is 51.9 Å². The highest BCUT2D eigenvalue weighted by molar-refractivity contribution is 5.80. The van der Waals surface area contributed by atoms with Crippen LogP contribution in [0.5, 0.6) is 0 Å². The maximum absolute atomic E-state index is 11.3. The number of nitrogens with one attached hydrogen (secondary N) is 2. The van der Waals surface area contributed by atoms with Gasteiger partial charge >= 0.3 is 5.97 Å². The second-order valence-electron chi connectivity index (χ2n) is 5.95. The minimum absolute atomic E-state index is 0.170. The number of methoxy groups -OCH3 is 1. The summed E-state index contributed by atoms with van der Waals surface area (Å²) >= 11 is 0. The van der Waals surface area contributed by atoms with Crippen LogP contribution in [0.4, 0.5) is 0 Å². The van der Waals surface area contributed by atoms with Gasteiger partial charge in [-0.3, -0.25) is 9.79 Å². The van der Waals surface area contributed by atoms with Gasteiger partial charge < -0.3 is 15.4 Å². The second-order valence-corrected chi connectivity index (χ2v) is 5.95. The van der Waals surface area contributed by atoms with E-state index in [1.807, 2.05) is 6.92 Å². The third-order valence-corrected chi connectivity index (χ3v) is 4.21. The molecule has 1 aliphatic rings. The topological polar surface area (TPSA) is 62.7 Å². The highest BCUT2D eigenvalue weighted by Gasteiger charge is 2.14. The van der Waals surface area contributed by atoms with Gasteiger partial charge in [-0.25, -0.2) is 0 Å². The maximum atomic E-state index is 11.3. The molecular formula is C16H31N3O2. The average Bonchev–Trinajstić information content (AvgIpc) is 3.02. The fourth-order valence-corrected chi connectivity index (χ4v) is 2.82. The number of hydrogen-bond donors (Lipinski definition) is 2. The van der Waals surface area contributed by atoms with Crippen LogP contribution in [-0.2, 0) is 9.53 Å². The van der Waals surface area contributed by atoms with Crippen molar-refractivity contribution < 1.29 is 9.53 Å². The maximum Gasteiger partial charge on any atom is 0.310 e. The number of nitrogens with zero attached hydrogens (tertiary/aromatic N) is 1. The van der Waals surface area contributed by atoms with Gasteiger partial charge in [0.25, 0.3) is 0 Å². The largest absolute Gasteiger partial charge is 0.469 e. The molecule has 0 aromatic rings. The second kappa shape index (κ2) is 10.5. The van der Waals surface area contributed by atoms with Gasteiger partial charge in [0, 0.05) is 20.1 Å². The van der Waals surface area contributed by atoms with E-state index in [-0.39, 0.29) is 11.9 Å². The molecule has 5 nitrogen and oxygen atoms in total. The predicted molar refractivity (Wildman–Crippen MR) is 86.4 cm³/mol. The van der Waals surface area contributed by atoms with Gasteiger partial charge in [0.2, 0.25) is 0 Å². The van der Waals surface area contributed by atoms with Gasteiger partial charge in [-0.05, 0) is 12.3 Å². The Labute approximate surface area is 128 Å². The first-order valence-electron chi connectivity index (χ1n) is 8.19. The Morgan fingerprint density at radius 1 is 1.29 bits per heavy atom. The zero-order valence-electron chi connectivity index (χ0n) is 13.8. The number of hydrogen-bond acceptors (Lipinski definition) is 3. The lowest BCUT2D eigenvalue weighted by atomic mass is 10.0. The first-order chi connectivity index (χ1) is 10.2. The first-order valence-corrected chi connectivity index (χ1v) is 8.19. The van der Waals surface area contributed by atoms with Crippen LogP contribution in [0.3, 0.4) is 0 Å². The zero-order valence-corrected chi connectivity index (χ0v) is 13.8. The molecule has 0 amide bonds. The third-order valence-electron chi connectivity index (χ3n) is 4.21. The Morgan fingerprint density at radius 2 is 2.00 bits per heavy atom. The zero-order chi connectivity index (χ0) is 15.5. The van der Waals surface area contributed by atoms with Gasteiger partial charge in [-0.2, -0.15) is 0 Å². The van der Waals surface area contributed by atoms with Crippen molar-refractivity contribution in [1.82, 2.24) is 10.6 Å². The summed E-state index contributed by atoms with van der Waals surface area (Å²) in [5, 5.41) is 6.45. The smallest absolute Gasteiger partial charge is 0.310 e. The van der Waals surface area contributed by atoms with Crippen molar-refractivity contribution in [3.05, 3.63) is 0 Å². The monoisotopic (exact) mass is 297 g/mol. The lowest BCUT2D eigenvalue weighted by Crippen LogP contribution is -2.41. The van der Waals surface area contributed by atoms with Crippen LogP contribution in [0.25, 0.3) is 0 Å². The molecule has 0 radical (unpaired) electrons. The molecule has 0 spiro atoms. The summed E-state index contributed by atoms with van der Waals surface area (Å²) in [6.07, 6.45) is 9.55. The molecule has 0 aromatic carbocycles. The van der Waals surface area contributed by atoms with Crippen LogP contribution in [0.1, 0.15) is 51.9 Å². The molecule has 5 heteroatoms. The van der Waals surface area contributed by atoms with Crippen molar-refractivity contribution in [2.24, 2.45) is 16.8 Å². The third kappa shape index (κ3) is 7.34. The first kappa shape index (κ1) is 17.8. The Morgan fingerprint density at radius 3 is 2.62 bits per heavy atom. The van der Waals surface area contributed by atoms with Crippen LogP contribution < -0.4 is 10.6 Å². The summed E-state index contributed by atoms with van der Waals surface area (Å²) in [5.41, 5.74) is 0. The summed E-state index contributed by atoms with van der Waals surface area (Å²) in [7, 11) is 3.16. The van der Waals surface area contributed by atoms with E-state index in [1.54, 1.807) is 7.05 Å². The normalized spacial score (nSPS) is 17.6. The van der Waals surface area contributed by atoms with Gasteiger partial charge in [0.1, 0.15) is 0 Å². The van der Waals surface area contributed by atoms with Gasteiger partial charge in [0.05, 0.1) is 13.0 Å². The fraction of sp³-hybridized carbons (Fsp3) is 0.875. The average molecular weight is 297 g/mol. The highest BCUT2D eigenvalue weighted by atomic mass is 16.5. The lowest BCUT2D eigenvalue weighted by Gasteiger charge is -2.15. The Hall–Kier alpha value is -1.26. The Kier molecular flexibility index (Phi) is 8.87. The van der Waals surface area contributed by atoms with Crippen LogP contribution in [0.2, 0.25) is 0 Å². The van der Waals surface area contributed by atoms with E-state index in [0.29, 0.717) is 6.54 Å². The number of guanidine groups is 1. The molecular weight excluding hydrogens is 266 g/mol. The van der Waals surface area contributed by atoms with E-state index < -0.39 is 0 Å². The molecule has 1 fully saturated rings. The molecule has 2 N–H and O–H groups in total. The molecule has 1 aliphatic carbocycles. The predicted octanol–water partition coefficient (Wildman–Crippen LogP) is 2.32. The molecule has 122 valence electrons. The molecule has 21 heavy (non-hydrogen) atoms. The molecule has 0 bridgehead atoms. The summed E-state index contributed by atoms with van der Waals surface area (Å²) < 4.78 is 4.70. The fourth-order valence-electron chi connectivity index (χ4n) is 2.82. The van der Waals surface area contributed by atoms with E-state index in [1.165, 1.54) is 52.1 Å². The summed E-state index contributed by atoms with van der Waals surface area (Å²) in [6.45, 7) is 3.31. The van der Waals surface area contributed by atoms with E-state index in [9.17, 15) is 4.79 Å². The van der Waals surface area contributed by atoms with E-state index in [4.69, 9.17) is 4.74 Å². The summed E-state index contributed by atoms with van der Waals surface area (Å²) in [5.74, 6) is 1.36. The molecule has 1 unspecified atom stereocenters. The minimum Gasteiger partial charge on any atom is -0.469 e. The van der Waals surface area contributed by atoms with Gasteiger partial charge in [-0.1, -0.05) is 45.4 Å².